The van der Waals surface area contributed by atoms with Crippen molar-refractivity contribution >= 4 is 81.2 Å². The SMILES string of the molecule is CC(=O)Nc1ccc(NC(=O)c2cc(NC(=O)[C@H]3[C@H](c4ccc(F)c(Cl)c4)C3(Cl)Cl)cc(Cl)c2C)cc1. The molecule has 0 bridgehead atoms. The number of nitrogens with one attached hydrogen (secondary N) is 3. The summed E-state index contributed by atoms with van der Waals surface area (Å²) in [6, 6.07) is 13.7. The lowest BCUT2D eigenvalue weighted by Crippen LogP contribution is -2.19. The van der Waals surface area contributed by atoms with Crippen LogP contribution in [0.25, 0.3) is 0 Å². The second-order valence-corrected chi connectivity index (χ2v) is 10.9. The van der Waals surface area contributed by atoms with Crippen LogP contribution in [0.3, 0.4) is 0 Å². The quantitative estimate of drug-likeness (QED) is 0.269. The third-order valence-corrected chi connectivity index (χ3v) is 7.58. The van der Waals surface area contributed by atoms with E-state index in [-0.39, 0.29) is 27.2 Å². The molecule has 1 saturated carbocycles. The van der Waals surface area contributed by atoms with Crippen molar-refractivity contribution in [3.63, 3.8) is 0 Å². The number of rotatable bonds is 6. The Hall–Kier alpha value is -2.84. The van der Waals surface area contributed by atoms with Crippen LogP contribution in [0.1, 0.15) is 34.3 Å². The largest absolute Gasteiger partial charge is 0.326 e. The van der Waals surface area contributed by atoms with Gasteiger partial charge in [-0.05, 0) is 66.6 Å². The smallest absolute Gasteiger partial charge is 0.256 e. The molecule has 0 heterocycles. The number of amides is 3. The Morgan fingerprint density at radius 1 is 0.838 bits per heavy atom. The maximum Gasteiger partial charge on any atom is 0.256 e. The van der Waals surface area contributed by atoms with Crippen molar-refractivity contribution in [3.05, 3.63) is 87.2 Å². The summed E-state index contributed by atoms with van der Waals surface area (Å²) in [4.78, 5) is 37.2. The number of alkyl halides is 2. The predicted octanol–water partition coefficient (Wildman–Crippen LogP) is 7.18. The van der Waals surface area contributed by atoms with Crippen molar-refractivity contribution in [1.82, 2.24) is 0 Å². The third-order valence-electron chi connectivity index (χ3n) is 5.96. The Kier molecular flexibility index (Phi) is 7.72. The van der Waals surface area contributed by atoms with Crippen molar-refractivity contribution in [1.29, 1.82) is 0 Å². The van der Waals surface area contributed by atoms with Crippen molar-refractivity contribution in [2.24, 2.45) is 5.92 Å². The molecule has 3 aromatic carbocycles. The highest BCUT2D eigenvalue weighted by atomic mass is 35.5. The van der Waals surface area contributed by atoms with Crippen molar-refractivity contribution < 1.29 is 18.8 Å². The normalized spacial score (nSPS) is 17.6. The molecule has 0 saturated heterocycles. The first-order valence-electron chi connectivity index (χ1n) is 11.0. The third kappa shape index (κ3) is 5.85. The fourth-order valence-electron chi connectivity index (χ4n) is 4.02. The first-order valence-corrected chi connectivity index (χ1v) is 12.5. The summed E-state index contributed by atoms with van der Waals surface area (Å²) < 4.78 is 12.1. The van der Waals surface area contributed by atoms with E-state index in [1.165, 1.54) is 37.3 Å². The van der Waals surface area contributed by atoms with Gasteiger partial charge in [-0.2, -0.15) is 0 Å². The minimum absolute atomic E-state index is 0.0987. The molecule has 11 heteroatoms. The van der Waals surface area contributed by atoms with E-state index in [0.29, 0.717) is 22.5 Å². The molecule has 3 amide bonds. The first-order chi connectivity index (χ1) is 17.4. The molecule has 1 aliphatic rings. The van der Waals surface area contributed by atoms with Crippen LogP contribution in [0, 0.1) is 18.7 Å². The summed E-state index contributed by atoms with van der Waals surface area (Å²) in [7, 11) is 0. The van der Waals surface area contributed by atoms with E-state index in [4.69, 9.17) is 46.4 Å². The van der Waals surface area contributed by atoms with Gasteiger partial charge in [0.1, 0.15) is 10.2 Å². The molecule has 0 radical (unpaired) electrons. The lowest BCUT2D eigenvalue weighted by Gasteiger charge is -2.13. The average Bonchev–Trinajstić information content (AvgIpc) is 3.40. The molecule has 3 N–H and O–H groups in total. The fraction of sp³-hybridized carbons (Fsp3) is 0.192. The van der Waals surface area contributed by atoms with Crippen molar-refractivity contribution in [2.45, 2.75) is 24.1 Å². The zero-order valence-electron chi connectivity index (χ0n) is 19.5. The zero-order valence-corrected chi connectivity index (χ0v) is 22.5. The van der Waals surface area contributed by atoms with Crippen LogP contribution in [0.15, 0.2) is 54.6 Å². The highest BCUT2D eigenvalue weighted by molar-refractivity contribution is 6.53. The van der Waals surface area contributed by atoms with Crippen LogP contribution < -0.4 is 16.0 Å². The summed E-state index contributed by atoms with van der Waals surface area (Å²) in [6.07, 6.45) is 0. The molecule has 0 unspecified atom stereocenters. The summed E-state index contributed by atoms with van der Waals surface area (Å²) in [5, 5.41) is 8.30. The lowest BCUT2D eigenvalue weighted by atomic mass is 10.1. The van der Waals surface area contributed by atoms with E-state index in [1.54, 1.807) is 31.2 Å². The first kappa shape index (κ1) is 27.2. The van der Waals surface area contributed by atoms with E-state index in [1.807, 2.05) is 0 Å². The number of hydrogen-bond acceptors (Lipinski definition) is 3. The second-order valence-electron chi connectivity index (χ2n) is 8.64. The fourth-order valence-corrected chi connectivity index (χ4v) is 5.26. The van der Waals surface area contributed by atoms with Gasteiger partial charge in [0.15, 0.2) is 0 Å². The van der Waals surface area contributed by atoms with Gasteiger partial charge in [-0.25, -0.2) is 4.39 Å². The van der Waals surface area contributed by atoms with Crippen molar-refractivity contribution in [2.75, 3.05) is 16.0 Å². The average molecular weight is 583 g/mol. The molecule has 37 heavy (non-hydrogen) atoms. The lowest BCUT2D eigenvalue weighted by molar-refractivity contribution is -0.117. The molecule has 0 aromatic heterocycles. The Morgan fingerprint density at radius 2 is 1.46 bits per heavy atom. The highest BCUT2D eigenvalue weighted by Crippen LogP contribution is 2.65. The summed E-state index contributed by atoms with van der Waals surface area (Å²) in [6.45, 7) is 3.08. The van der Waals surface area contributed by atoms with Crippen LogP contribution in [0.2, 0.25) is 10.0 Å². The van der Waals surface area contributed by atoms with Gasteiger partial charge in [-0.15, -0.1) is 23.2 Å². The standard InChI is InChI=1S/C26H20Cl4FN3O3/c1-12-18(24(36)33-16-6-4-15(5-7-16)32-13(2)35)10-17(11-19(12)27)34-25(37)23-22(26(23,29)30)14-3-8-21(31)20(28)9-14/h3-11,22-23H,1-2H3,(H,32,35)(H,33,36)(H,34,37)/t22-,23+/m0/s1. The Labute approximate surface area is 232 Å². The molecule has 192 valence electrons. The van der Waals surface area contributed by atoms with Gasteiger partial charge in [0.05, 0.1) is 10.9 Å². The molecule has 0 aliphatic heterocycles. The number of benzene rings is 3. The maximum absolute atomic E-state index is 13.6. The summed E-state index contributed by atoms with van der Waals surface area (Å²) >= 11 is 25.0. The van der Waals surface area contributed by atoms with Gasteiger partial charge in [-0.1, -0.05) is 29.3 Å². The predicted molar refractivity (Wildman–Crippen MR) is 146 cm³/mol. The number of anilines is 3. The van der Waals surface area contributed by atoms with Crippen molar-refractivity contribution in [3.8, 4) is 0 Å². The van der Waals surface area contributed by atoms with Gasteiger partial charge in [0.2, 0.25) is 11.8 Å². The monoisotopic (exact) mass is 581 g/mol. The minimum Gasteiger partial charge on any atom is -0.326 e. The molecule has 1 aliphatic carbocycles. The van der Waals surface area contributed by atoms with Crippen LogP contribution in [0.5, 0.6) is 0 Å². The topological polar surface area (TPSA) is 87.3 Å². The summed E-state index contributed by atoms with van der Waals surface area (Å²) in [5.41, 5.74) is 2.65. The zero-order chi connectivity index (χ0) is 27.1. The van der Waals surface area contributed by atoms with Gasteiger partial charge in [0, 0.05) is 40.5 Å². The van der Waals surface area contributed by atoms with E-state index < -0.39 is 33.8 Å². The Bertz CT molecular complexity index is 1410. The molecule has 1 fully saturated rings. The Morgan fingerprint density at radius 3 is 2.05 bits per heavy atom. The van der Waals surface area contributed by atoms with Gasteiger partial charge >= 0.3 is 0 Å². The van der Waals surface area contributed by atoms with Crippen LogP contribution in [-0.2, 0) is 9.59 Å². The van der Waals surface area contributed by atoms with Gasteiger partial charge in [0.25, 0.3) is 5.91 Å². The molecular weight excluding hydrogens is 563 g/mol. The molecule has 6 nitrogen and oxygen atoms in total. The van der Waals surface area contributed by atoms with E-state index in [9.17, 15) is 18.8 Å². The van der Waals surface area contributed by atoms with E-state index >= 15 is 0 Å². The number of halogens is 5. The Balaban J connectivity index is 1.50. The summed E-state index contributed by atoms with van der Waals surface area (Å²) in [5.74, 6) is -3.17. The second kappa shape index (κ2) is 10.5. The number of hydrogen-bond donors (Lipinski definition) is 3. The molecular formula is C26H20Cl4FN3O3. The van der Waals surface area contributed by atoms with Crippen LogP contribution in [0.4, 0.5) is 21.5 Å². The minimum atomic E-state index is -1.41. The maximum atomic E-state index is 13.6. The van der Waals surface area contributed by atoms with Gasteiger partial charge in [-0.3, -0.25) is 14.4 Å². The van der Waals surface area contributed by atoms with Crippen LogP contribution in [-0.4, -0.2) is 22.1 Å². The molecule has 4 rings (SSSR count). The van der Waals surface area contributed by atoms with E-state index in [0.717, 1.165) is 0 Å². The molecule has 0 spiro atoms. The molecule has 3 aromatic rings. The van der Waals surface area contributed by atoms with Crippen LogP contribution >= 0.6 is 46.4 Å². The highest BCUT2D eigenvalue weighted by Gasteiger charge is 2.67. The van der Waals surface area contributed by atoms with E-state index in [2.05, 4.69) is 16.0 Å². The molecule has 2 atom stereocenters. The van der Waals surface area contributed by atoms with Gasteiger partial charge < -0.3 is 16.0 Å². The number of carbonyl (C=O) groups excluding carboxylic acids is 3. The number of carbonyl (C=O) groups is 3.